The fraction of sp³-hybridized carbons (Fsp3) is 0.0588. The predicted octanol–water partition coefficient (Wildman–Crippen LogP) is 3.99. The maximum absolute atomic E-state index is 12.3. The number of likely N-dealkylation sites (N-methyl/N-ethyl adjacent to an activating group) is 1. The third-order valence-corrected chi connectivity index (χ3v) is 4.66. The van der Waals surface area contributed by atoms with Crippen molar-refractivity contribution in [2.75, 3.05) is 7.05 Å². The summed E-state index contributed by atoms with van der Waals surface area (Å²) in [7, 11) is 1.65. The van der Waals surface area contributed by atoms with E-state index >= 15 is 0 Å². The molecular weight excluding hydrogens is 348 g/mol. The molecule has 0 spiro atoms. The smallest absolute Gasteiger partial charge is 0.266 e. The van der Waals surface area contributed by atoms with E-state index in [0.29, 0.717) is 26.3 Å². The number of hydrogen-bond donors (Lipinski definition) is 2. The molecule has 1 heterocycles. The van der Waals surface area contributed by atoms with Gasteiger partial charge in [0, 0.05) is 12.1 Å². The minimum absolute atomic E-state index is 0.180. The van der Waals surface area contributed by atoms with Crippen molar-refractivity contribution in [2.45, 2.75) is 0 Å². The van der Waals surface area contributed by atoms with Crippen LogP contribution >= 0.6 is 23.4 Å². The van der Waals surface area contributed by atoms with Gasteiger partial charge in [-0.15, -0.1) is 0 Å². The molecule has 2 N–H and O–H groups in total. The Morgan fingerprint density at radius 1 is 1.12 bits per heavy atom. The topological polar surface area (TPSA) is 73.1 Å². The number of carbonyl (C=O) groups excluding carboxylic acids is 1. The summed E-state index contributed by atoms with van der Waals surface area (Å²) in [4.78, 5) is 18.7. The van der Waals surface area contributed by atoms with Gasteiger partial charge in [-0.3, -0.25) is 9.69 Å². The largest absolute Gasteiger partial charge is 0.504 e. The van der Waals surface area contributed by atoms with Crippen LogP contribution in [0.3, 0.4) is 0 Å². The summed E-state index contributed by atoms with van der Waals surface area (Å²) in [5.74, 6) is -0.617. The van der Waals surface area contributed by atoms with E-state index in [2.05, 4.69) is 4.99 Å². The van der Waals surface area contributed by atoms with E-state index in [-0.39, 0.29) is 17.4 Å². The molecule has 2 aromatic rings. The van der Waals surface area contributed by atoms with Crippen molar-refractivity contribution in [1.29, 1.82) is 0 Å². The molecule has 0 bridgehead atoms. The van der Waals surface area contributed by atoms with Crippen LogP contribution in [0.5, 0.6) is 11.5 Å². The van der Waals surface area contributed by atoms with Crippen LogP contribution < -0.4 is 0 Å². The number of amidine groups is 1. The molecule has 1 fully saturated rings. The van der Waals surface area contributed by atoms with E-state index in [4.69, 9.17) is 11.6 Å². The fourth-order valence-electron chi connectivity index (χ4n) is 2.06. The second kappa shape index (κ2) is 6.59. The number of nitrogens with zero attached hydrogens (tertiary/aromatic N) is 2. The van der Waals surface area contributed by atoms with Gasteiger partial charge in [-0.1, -0.05) is 17.7 Å². The first-order valence-corrected chi connectivity index (χ1v) is 8.17. The van der Waals surface area contributed by atoms with Gasteiger partial charge < -0.3 is 10.2 Å². The van der Waals surface area contributed by atoms with Crippen LogP contribution in [0.1, 0.15) is 5.56 Å². The summed E-state index contributed by atoms with van der Waals surface area (Å²) in [5, 5.41) is 20.1. The van der Waals surface area contributed by atoms with Crippen LogP contribution in [0.15, 0.2) is 52.4 Å². The highest BCUT2D eigenvalue weighted by Crippen LogP contribution is 2.34. The summed E-state index contributed by atoms with van der Waals surface area (Å²) >= 11 is 7.09. The second-order valence-electron chi connectivity index (χ2n) is 5.09. The number of hydrogen-bond acceptors (Lipinski definition) is 5. The van der Waals surface area contributed by atoms with Crippen LogP contribution in [0.4, 0.5) is 5.69 Å². The number of thioether (sulfide) groups is 1. The van der Waals surface area contributed by atoms with E-state index in [1.165, 1.54) is 28.8 Å². The maximum atomic E-state index is 12.3. The van der Waals surface area contributed by atoms with Gasteiger partial charge >= 0.3 is 0 Å². The molecule has 0 saturated carbocycles. The molecule has 0 unspecified atom stereocenters. The van der Waals surface area contributed by atoms with E-state index in [9.17, 15) is 15.0 Å². The Labute approximate surface area is 147 Å². The molecule has 1 aliphatic rings. The van der Waals surface area contributed by atoms with E-state index in [1.807, 2.05) is 0 Å². The van der Waals surface area contributed by atoms with Gasteiger partial charge in [0.1, 0.15) is 0 Å². The second-order valence-corrected chi connectivity index (χ2v) is 6.54. The van der Waals surface area contributed by atoms with Crippen molar-refractivity contribution in [3.05, 3.63) is 58.0 Å². The molecule has 1 saturated heterocycles. The number of aromatic hydroxyl groups is 2. The Morgan fingerprint density at radius 2 is 1.83 bits per heavy atom. The van der Waals surface area contributed by atoms with Crippen molar-refractivity contribution in [1.82, 2.24) is 4.90 Å². The Morgan fingerprint density at radius 3 is 2.50 bits per heavy atom. The minimum Gasteiger partial charge on any atom is -0.504 e. The molecule has 2 aromatic carbocycles. The van der Waals surface area contributed by atoms with Gasteiger partial charge in [0.15, 0.2) is 16.7 Å². The molecule has 1 aliphatic heterocycles. The molecule has 24 heavy (non-hydrogen) atoms. The standard InChI is InChI=1S/C17H13ClN2O3S/c1-20-16(23)15(9-10-2-7-13(21)14(22)8-10)24-17(20)19-12-5-3-11(18)4-6-12/h2-9,21-22H,1H3/b15-9+,19-17?. The maximum Gasteiger partial charge on any atom is 0.266 e. The molecule has 0 aliphatic carbocycles. The zero-order valence-electron chi connectivity index (χ0n) is 12.6. The number of rotatable bonds is 2. The van der Waals surface area contributed by atoms with Crippen molar-refractivity contribution in [3.8, 4) is 11.5 Å². The zero-order chi connectivity index (χ0) is 17.3. The van der Waals surface area contributed by atoms with Gasteiger partial charge in [-0.05, 0) is 59.8 Å². The normalized spacial score (nSPS) is 17.9. The van der Waals surface area contributed by atoms with Crippen LogP contribution in [0.25, 0.3) is 6.08 Å². The predicted molar refractivity (Wildman–Crippen MR) is 96.7 cm³/mol. The highest BCUT2D eigenvalue weighted by molar-refractivity contribution is 8.18. The highest BCUT2D eigenvalue weighted by Gasteiger charge is 2.30. The Kier molecular flexibility index (Phi) is 4.51. The van der Waals surface area contributed by atoms with Crippen molar-refractivity contribution >= 4 is 46.2 Å². The summed E-state index contributed by atoms with van der Waals surface area (Å²) < 4.78 is 0. The Hall–Kier alpha value is -2.44. The number of phenols is 2. The number of carbonyl (C=O) groups is 1. The zero-order valence-corrected chi connectivity index (χ0v) is 14.2. The third kappa shape index (κ3) is 3.39. The van der Waals surface area contributed by atoms with Crippen molar-refractivity contribution in [3.63, 3.8) is 0 Å². The van der Waals surface area contributed by atoms with Gasteiger partial charge in [-0.25, -0.2) is 4.99 Å². The first-order chi connectivity index (χ1) is 11.4. The molecule has 122 valence electrons. The lowest BCUT2D eigenvalue weighted by Gasteiger charge is -2.07. The third-order valence-electron chi connectivity index (χ3n) is 3.35. The average Bonchev–Trinajstić information content (AvgIpc) is 2.81. The molecule has 0 atom stereocenters. The minimum atomic E-state index is -0.233. The first-order valence-electron chi connectivity index (χ1n) is 6.98. The van der Waals surface area contributed by atoms with Crippen LogP contribution in [-0.4, -0.2) is 33.2 Å². The quantitative estimate of drug-likeness (QED) is 0.627. The first kappa shape index (κ1) is 16.4. The Bertz CT molecular complexity index is 863. The van der Waals surface area contributed by atoms with E-state index in [0.717, 1.165) is 0 Å². The highest BCUT2D eigenvalue weighted by atomic mass is 35.5. The average molecular weight is 361 g/mol. The van der Waals surface area contributed by atoms with Gasteiger partial charge in [0.05, 0.1) is 10.6 Å². The molecule has 0 aromatic heterocycles. The summed E-state index contributed by atoms with van der Waals surface area (Å²) in [5.41, 5.74) is 1.31. The van der Waals surface area contributed by atoms with Crippen molar-refractivity contribution < 1.29 is 15.0 Å². The SMILES string of the molecule is CN1C(=O)/C(=C\c2ccc(O)c(O)c2)SC1=Nc1ccc(Cl)cc1. The molecule has 3 rings (SSSR count). The molecule has 1 amide bonds. The summed E-state index contributed by atoms with van der Waals surface area (Å²) in [6.07, 6.45) is 1.65. The van der Waals surface area contributed by atoms with Crippen LogP contribution in [0, 0.1) is 0 Å². The van der Waals surface area contributed by atoms with Gasteiger partial charge in [0.2, 0.25) is 0 Å². The number of amides is 1. The van der Waals surface area contributed by atoms with E-state index in [1.54, 1.807) is 43.5 Å². The summed E-state index contributed by atoms with van der Waals surface area (Å²) in [6.45, 7) is 0. The number of phenolic OH excluding ortho intramolecular Hbond substituents is 2. The molecule has 5 nitrogen and oxygen atoms in total. The molecular formula is C17H13ClN2O3S. The van der Waals surface area contributed by atoms with Gasteiger partial charge in [-0.2, -0.15) is 0 Å². The lowest BCUT2D eigenvalue weighted by atomic mass is 10.2. The van der Waals surface area contributed by atoms with Crippen LogP contribution in [0.2, 0.25) is 5.02 Å². The lowest BCUT2D eigenvalue weighted by Crippen LogP contribution is -2.23. The monoisotopic (exact) mass is 360 g/mol. The number of benzene rings is 2. The molecule has 0 radical (unpaired) electrons. The fourth-order valence-corrected chi connectivity index (χ4v) is 3.17. The number of aliphatic imine (C=N–C) groups is 1. The van der Waals surface area contributed by atoms with Crippen LogP contribution in [-0.2, 0) is 4.79 Å². The lowest BCUT2D eigenvalue weighted by molar-refractivity contribution is -0.121. The Balaban J connectivity index is 1.89. The van der Waals surface area contributed by atoms with Gasteiger partial charge in [0.25, 0.3) is 5.91 Å². The van der Waals surface area contributed by atoms with E-state index < -0.39 is 0 Å². The molecule has 7 heteroatoms. The van der Waals surface area contributed by atoms with Crippen molar-refractivity contribution in [2.24, 2.45) is 4.99 Å². The summed E-state index contributed by atoms with van der Waals surface area (Å²) in [6, 6.07) is 11.4. The number of halogens is 1.